The highest BCUT2D eigenvalue weighted by molar-refractivity contribution is 7.14. The zero-order chi connectivity index (χ0) is 46.6. The van der Waals surface area contributed by atoms with Crippen LogP contribution in [0.15, 0.2) is 36.2 Å². The number of halogens is 1. The third kappa shape index (κ3) is 10.0. The number of carbonyl (C=O) groups is 4. The van der Waals surface area contributed by atoms with Crippen molar-refractivity contribution in [1.82, 2.24) is 30.4 Å². The number of aliphatic carboxylic acids is 1. The van der Waals surface area contributed by atoms with E-state index in [4.69, 9.17) is 40.5 Å². The Hall–Kier alpha value is -4.71. The van der Waals surface area contributed by atoms with E-state index in [9.17, 15) is 24.3 Å². The summed E-state index contributed by atoms with van der Waals surface area (Å²) >= 11 is 8.60. The summed E-state index contributed by atoms with van der Waals surface area (Å²) < 4.78 is 24.6. The van der Waals surface area contributed by atoms with E-state index in [2.05, 4.69) is 41.3 Å². The van der Waals surface area contributed by atoms with Crippen LogP contribution < -0.4 is 25.4 Å². The van der Waals surface area contributed by atoms with Gasteiger partial charge in [0, 0.05) is 53.8 Å². The number of benzene rings is 1. The van der Waals surface area contributed by atoms with Crippen molar-refractivity contribution in [2.45, 2.75) is 122 Å². The number of morpholine rings is 1. The van der Waals surface area contributed by atoms with Crippen LogP contribution in [0.1, 0.15) is 80.6 Å². The molecule has 0 radical (unpaired) electrons. The molecule has 2 unspecified atom stereocenters. The van der Waals surface area contributed by atoms with Gasteiger partial charge in [0.2, 0.25) is 11.8 Å². The highest BCUT2D eigenvalue weighted by atomic mass is 35.5. The summed E-state index contributed by atoms with van der Waals surface area (Å²) in [6.45, 7) is 20.6. The van der Waals surface area contributed by atoms with Crippen molar-refractivity contribution in [3.63, 3.8) is 0 Å². The van der Waals surface area contributed by atoms with Crippen LogP contribution >= 0.6 is 22.9 Å². The molecule has 2 saturated heterocycles. The molecule has 18 heteroatoms. The summed E-state index contributed by atoms with van der Waals surface area (Å²) in [6.07, 6.45) is 2.84. The normalized spacial score (nSPS) is 27.4. The molecule has 0 bridgehead atoms. The molecule has 352 valence electrons. The van der Waals surface area contributed by atoms with E-state index >= 15 is 0 Å². The Balaban J connectivity index is 1.09. The number of carbonyl (C=O) groups excluding carboxylic acids is 3. The summed E-state index contributed by atoms with van der Waals surface area (Å²) in [5, 5.41) is 22.6. The van der Waals surface area contributed by atoms with E-state index in [0.717, 1.165) is 25.8 Å². The standard InChI is InChI=1S/C47H62ClN7O9S/c1-9-28-21-47(28,42(58)59)53-40(56)34-19-30(22-55(34)41(57)39(45(4,5)6)52-44(60)64-29-17-26-16-27(26)18-29)63-36-20-32(33-23-65-43(51-33)49-25(2)3)50-38-31(36)10-11-35(37(38)48)62-15-13-54-12-14-61-24-46(54,7)8/h9-11,20,23,25-30,34,39H,1,12-19,21-22,24H2,2-8H3,(H,49,51)(H,52,60)(H,53,56)(H,58,59)/t26-,27+,28-,29+,30?,34+,39-,47?/m1/s1. The van der Waals surface area contributed by atoms with E-state index in [0.29, 0.717) is 77.1 Å². The molecule has 3 aliphatic carbocycles. The molecular weight excluding hydrogens is 874 g/mol. The van der Waals surface area contributed by atoms with Crippen LogP contribution in [0.25, 0.3) is 22.3 Å². The maximum absolute atomic E-state index is 14.8. The Kier molecular flexibility index (Phi) is 13.1. The van der Waals surface area contributed by atoms with Gasteiger partial charge in [-0.3, -0.25) is 14.5 Å². The summed E-state index contributed by atoms with van der Waals surface area (Å²) in [4.78, 5) is 68.6. The third-order valence-electron chi connectivity index (χ3n) is 13.5. The number of nitrogens with one attached hydrogen (secondary N) is 3. The topological polar surface area (TPSA) is 194 Å². The second kappa shape index (κ2) is 18.2. The number of hydrogen-bond donors (Lipinski definition) is 4. The van der Waals surface area contributed by atoms with Crippen molar-refractivity contribution in [3.05, 3.63) is 41.3 Å². The van der Waals surface area contributed by atoms with Crippen LogP contribution in [0, 0.1) is 23.2 Å². The first-order valence-electron chi connectivity index (χ1n) is 22.7. The highest BCUT2D eigenvalue weighted by Gasteiger charge is 2.61. The summed E-state index contributed by atoms with van der Waals surface area (Å²) in [5.74, 6) is -0.805. The quantitative estimate of drug-likeness (QED) is 0.110. The maximum Gasteiger partial charge on any atom is 0.408 e. The van der Waals surface area contributed by atoms with Crippen molar-refractivity contribution >= 4 is 62.8 Å². The van der Waals surface area contributed by atoms with Gasteiger partial charge in [-0.2, -0.15) is 0 Å². The molecule has 8 rings (SSSR count). The SMILES string of the molecule is C=C[C@@H]1CC1(NC(=O)[C@@H]1CC(Oc2cc(-c3csc(NC(C)C)n3)nc3c(Cl)c(OCCN4CCOCC4(C)C)ccc23)CN1C(=O)[C@@H](NC(=O)O[C@@H]1C[C@@H]2C[C@@H]2C1)C(C)(C)C)C(=O)O. The van der Waals surface area contributed by atoms with Crippen LogP contribution in [0.4, 0.5) is 9.93 Å². The number of hydrogen-bond acceptors (Lipinski definition) is 13. The van der Waals surface area contributed by atoms with Crippen molar-refractivity contribution < 1.29 is 43.2 Å². The van der Waals surface area contributed by atoms with Gasteiger partial charge in [0.15, 0.2) is 5.13 Å². The molecule has 0 spiro atoms. The van der Waals surface area contributed by atoms with E-state index in [1.165, 1.54) is 22.3 Å². The fourth-order valence-electron chi connectivity index (χ4n) is 9.57. The predicted octanol–water partition coefficient (Wildman–Crippen LogP) is 6.75. The van der Waals surface area contributed by atoms with E-state index in [1.807, 2.05) is 46.1 Å². The summed E-state index contributed by atoms with van der Waals surface area (Å²) in [7, 11) is 0. The Bertz CT molecular complexity index is 2330. The van der Waals surface area contributed by atoms with Gasteiger partial charge in [-0.05, 0) is 82.8 Å². The number of amides is 3. The number of ether oxygens (including phenoxy) is 4. The molecule has 4 heterocycles. The van der Waals surface area contributed by atoms with Crippen molar-refractivity contribution in [1.29, 1.82) is 0 Å². The molecule has 65 heavy (non-hydrogen) atoms. The number of carboxylic acids is 1. The lowest BCUT2D eigenvalue weighted by atomic mass is 9.85. The second-order valence-corrected chi connectivity index (χ2v) is 21.5. The van der Waals surface area contributed by atoms with Gasteiger partial charge in [0.25, 0.3) is 0 Å². The molecule has 2 aromatic heterocycles. The number of rotatable bonds is 16. The van der Waals surface area contributed by atoms with Crippen LogP contribution in [0.5, 0.6) is 11.5 Å². The first-order valence-corrected chi connectivity index (χ1v) is 24.0. The number of thiazole rings is 1. The van der Waals surface area contributed by atoms with Crippen molar-refractivity contribution in [2.75, 3.05) is 44.8 Å². The van der Waals surface area contributed by atoms with Crippen molar-refractivity contribution in [2.24, 2.45) is 23.2 Å². The van der Waals surface area contributed by atoms with Gasteiger partial charge < -0.3 is 44.9 Å². The minimum Gasteiger partial charge on any atom is -0.491 e. The lowest BCUT2D eigenvalue weighted by Crippen LogP contribution is -2.59. The average molecular weight is 937 g/mol. The minimum absolute atomic E-state index is 0.0172. The third-order valence-corrected chi connectivity index (χ3v) is 14.6. The molecule has 8 atom stereocenters. The van der Waals surface area contributed by atoms with Gasteiger partial charge in [-0.25, -0.2) is 19.6 Å². The molecule has 3 amide bonds. The lowest BCUT2D eigenvalue weighted by molar-refractivity contribution is -0.146. The number of fused-ring (bicyclic) bond motifs is 2. The smallest absolute Gasteiger partial charge is 0.408 e. The zero-order valence-electron chi connectivity index (χ0n) is 38.3. The number of likely N-dealkylation sites (tertiary alicyclic amines) is 1. The Labute approximate surface area is 389 Å². The fraction of sp³-hybridized carbons (Fsp3) is 0.617. The zero-order valence-corrected chi connectivity index (χ0v) is 39.9. The predicted molar refractivity (Wildman–Crippen MR) is 247 cm³/mol. The molecule has 3 aromatic rings. The van der Waals surface area contributed by atoms with Gasteiger partial charge in [0.05, 0.1) is 31.0 Å². The van der Waals surface area contributed by atoms with Gasteiger partial charge in [-0.1, -0.05) is 38.4 Å². The summed E-state index contributed by atoms with van der Waals surface area (Å²) in [6, 6.07) is 3.30. The van der Waals surface area contributed by atoms with Crippen LogP contribution in [-0.2, 0) is 23.9 Å². The molecular formula is C47H62ClN7O9S. The van der Waals surface area contributed by atoms with Crippen LogP contribution in [0.3, 0.4) is 0 Å². The lowest BCUT2D eigenvalue weighted by Gasteiger charge is -2.41. The minimum atomic E-state index is -1.54. The van der Waals surface area contributed by atoms with Crippen LogP contribution in [0.2, 0.25) is 5.02 Å². The first-order chi connectivity index (χ1) is 30.8. The Morgan fingerprint density at radius 3 is 2.49 bits per heavy atom. The van der Waals surface area contributed by atoms with Crippen molar-refractivity contribution in [3.8, 4) is 22.9 Å². The molecule has 5 fully saturated rings. The number of alkyl carbamates (subject to hydrolysis) is 1. The van der Waals surface area contributed by atoms with E-state index in [1.54, 1.807) is 12.1 Å². The number of nitrogens with zero attached hydrogens (tertiary/aromatic N) is 4. The Morgan fingerprint density at radius 2 is 1.83 bits per heavy atom. The fourth-order valence-corrected chi connectivity index (χ4v) is 10.7. The molecule has 16 nitrogen and oxygen atoms in total. The summed E-state index contributed by atoms with van der Waals surface area (Å²) in [5.41, 5.74) is -0.994. The number of anilines is 1. The number of aromatic nitrogens is 2. The molecule has 2 aliphatic heterocycles. The molecule has 1 aromatic carbocycles. The Morgan fingerprint density at radius 1 is 1.08 bits per heavy atom. The molecule has 5 aliphatic rings. The highest BCUT2D eigenvalue weighted by Crippen LogP contribution is 2.52. The monoisotopic (exact) mass is 935 g/mol. The first kappa shape index (κ1) is 46.8. The van der Waals surface area contributed by atoms with E-state index < -0.39 is 58.9 Å². The van der Waals surface area contributed by atoms with E-state index in [-0.39, 0.29) is 42.1 Å². The van der Waals surface area contributed by atoms with Crippen LogP contribution in [-0.4, -0.2) is 130 Å². The van der Waals surface area contributed by atoms with Gasteiger partial charge in [0.1, 0.15) is 58.7 Å². The number of carboxylic acid groups (broad SMARTS) is 1. The largest absolute Gasteiger partial charge is 0.491 e. The number of pyridine rings is 1. The molecule has 3 saturated carbocycles. The van der Waals surface area contributed by atoms with Gasteiger partial charge >= 0.3 is 12.1 Å². The maximum atomic E-state index is 14.8. The average Bonchev–Trinajstić information content (AvgIpc) is 3.91. The second-order valence-electron chi connectivity index (χ2n) is 20.3. The van der Waals surface area contributed by atoms with Gasteiger partial charge in [-0.15, -0.1) is 17.9 Å². The molecule has 4 N–H and O–H groups in total.